The van der Waals surface area contributed by atoms with Crippen LogP contribution in [0.4, 0.5) is 14.5 Å². The summed E-state index contributed by atoms with van der Waals surface area (Å²) in [6, 6.07) is 24.8. The van der Waals surface area contributed by atoms with E-state index in [0.29, 0.717) is 6.54 Å². The third-order valence-electron chi connectivity index (χ3n) is 7.26. The lowest BCUT2D eigenvalue weighted by atomic mass is 10.0. The number of nitrogens with one attached hydrogen (secondary N) is 1. The molecule has 0 heterocycles. The van der Waals surface area contributed by atoms with Gasteiger partial charge in [0.1, 0.15) is 24.2 Å². The van der Waals surface area contributed by atoms with Gasteiger partial charge in [-0.25, -0.2) is 17.2 Å². The predicted molar refractivity (Wildman–Crippen MR) is 171 cm³/mol. The fourth-order valence-electron chi connectivity index (χ4n) is 4.76. The zero-order chi connectivity index (χ0) is 32.6. The number of nitrogens with zero attached hydrogens (tertiary/aromatic N) is 2. The Morgan fingerprint density at radius 3 is 2.07 bits per heavy atom. The minimum atomic E-state index is -4.33. The number of anilines is 1. The lowest BCUT2D eigenvalue weighted by molar-refractivity contribution is -0.140. The van der Waals surface area contributed by atoms with Crippen molar-refractivity contribution in [3.05, 3.63) is 131 Å². The summed E-state index contributed by atoms with van der Waals surface area (Å²) in [5.74, 6) is -2.22. The number of amides is 2. The molecule has 4 rings (SSSR count). The lowest BCUT2D eigenvalue weighted by Gasteiger charge is -2.34. The quantitative estimate of drug-likeness (QED) is 0.199. The number of hydrogen-bond acceptors (Lipinski definition) is 4. The van der Waals surface area contributed by atoms with Gasteiger partial charge in [-0.3, -0.25) is 13.9 Å². The Labute approximate surface area is 263 Å². The highest BCUT2D eigenvalue weighted by atomic mass is 32.2. The normalized spacial score (nSPS) is 12.0. The van der Waals surface area contributed by atoms with Crippen LogP contribution in [0.3, 0.4) is 0 Å². The molecule has 45 heavy (non-hydrogen) atoms. The lowest BCUT2D eigenvalue weighted by Crippen LogP contribution is -2.53. The van der Waals surface area contributed by atoms with E-state index in [-0.39, 0.29) is 35.0 Å². The summed E-state index contributed by atoms with van der Waals surface area (Å²) in [5, 5.41) is 2.89. The van der Waals surface area contributed by atoms with Crippen LogP contribution < -0.4 is 9.62 Å². The first-order chi connectivity index (χ1) is 21.5. The molecule has 10 heteroatoms. The van der Waals surface area contributed by atoms with Gasteiger partial charge in [-0.2, -0.15) is 0 Å². The summed E-state index contributed by atoms with van der Waals surface area (Å²) in [6.07, 6.45) is 0.103. The van der Waals surface area contributed by atoms with Crippen LogP contribution in [-0.4, -0.2) is 44.3 Å². The number of halogens is 2. The molecule has 0 aromatic heterocycles. The van der Waals surface area contributed by atoms with E-state index in [9.17, 15) is 26.8 Å². The molecule has 4 aromatic carbocycles. The molecular weight excluding hydrogens is 596 g/mol. The number of benzene rings is 4. The number of carbonyl (C=O) groups excluding carboxylic acids is 2. The zero-order valence-electron chi connectivity index (χ0n) is 25.5. The second-order valence-electron chi connectivity index (χ2n) is 11.3. The summed E-state index contributed by atoms with van der Waals surface area (Å²) < 4.78 is 57.8. The van der Waals surface area contributed by atoms with Crippen molar-refractivity contribution in [2.75, 3.05) is 17.4 Å². The molecule has 0 saturated carbocycles. The van der Waals surface area contributed by atoms with Gasteiger partial charge in [-0.1, -0.05) is 80.1 Å². The Kier molecular flexibility index (Phi) is 11.1. The average molecular weight is 634 g/mol. The first-order valence-electron chi connectivity index (χ1n) is 14.6. The summed E-state index contributed by atoms with van der Waals surface area (Å²) in [7, 11) is -4.33. The minimum Gasteiger partial charge on any atom is -0.354 e. The van der Waals surface area contributed by atoms with Crippen molar-refractivity contribution in [1.29, 1.82) is 0 Å². The van der Waals surface area contributed by atoms with Crippen molar-refractivity contribution < 1.29 is 26.8 Å². The molecule has 1 N–H and O–H groups in total. The van der Waals surface area contributed by atoms with Crippen LogP contribution in [0.1, 0.15) is 30.5 Å². The standard InChI is InChI=1S/C35H37F2N3O4S/c1-25(2)22-38-35(42)33(21-27-9-5-4-6-10-27)39(23-28-11-7-8-12-32(28)37)34(41)24-40(30-17-15-29(36)16-18-30)45(43,44)31-19-13-26(3)14-20-31/h4-20,25,33H,21-24H2,1-3H3,(H,38,42)/t33-/m0/s1. The van der Waals surface area contributed by atoms with E-state index in [1.807, 2.05) is 51.1 Å². The molecule has 7 nitrogen and oxygen atoms in total. The number of sulfonamides is 1. The maximum absolute atomic E-state index is 15.0. The Hall–Kier alpha value is -4.57. The van der Waals surface area contributed by atoms with Gasteiger partial charge < -0.3 is 10.2 Å². The molecule has 0 radical (unpaired) electrons. The molecule has 2 amide bonds. The van der Waals surface area contributed by atoms with Crippen LogP contribution in [-0.2, 0) is 32.6 Å². The van der Waals surface area contributed by atoms with Crippen LogP contribution in [0.5, 0.6) is 0 Å². The van der Waals surface area contributed by atoms with Crippen molar-refractivity contribution in [3.63, 3.8) is 0 Å². The molecule has 0 bridgehead atoms. The Morgan fingerprint density at radius 1 is 0.822 bits per heavy atom. The van der Waals surface area contributed by atoms with E-state index in [1.54, 1.807) is 18.2 Å². The first-order valence-corrected chi connectivity index (χ1v) is 16.1. The highest BCUT2D eigenvalue weighted by molar-refractivity contribution is 7.92. The Morgan fingerprint density at radius 2 is 1.44 bits per heavy atom. The highest BCUT2D eigenvalue weighted by Gasteiger charge is 2.35. The molecule has 236 valence electrons. The third kappa shape index (κ3) is 8.76. The number of hydrogen-bond donors (Lipinski definition) is 1. The van der Waals surface area contributed by atoms with E-state index in [1.165, 1.54) is 47.4 Å². The summed E-state index contributed by atoms with van der Waals surface area (Å²) >= 11 is 0. The first kappa shape index (κ1) is 33.3. The Balaban J connectivity index is 1.80. The van der Waals surface area contributed by atoms with E-state index >= 15 is 0 Å². The largest absolute Gasteiger partial charge is 0.354 e. The van der Waals surface area contributed by atoms with Gasteiger partial charge in [0.2, 0.25) is 11.8 Å². The van der Waals surface area contributed by atoms with Crippen LogP contribution in [0.25, 0.3) is 0 Å². The van der Waals surface area contributed by atoms with E-state index < -0.39 is 46.1 Å². The van der Waals surface area contributed by atoms with Crippen molar-refractivity contribution >= 4 is 27.5 Å². The predicted octanol–water partition coefficient (Wildman–Crippen LogP) is 5.88. The Bertz CT molecular complexity index is 1700. The zero-order valence-corrected chi connectivity index (χ0v) is 26.3. The third-order valence-corrected chi connectivity index (χ3v) is 9.04. The maximum Gasteiger partial charge on any atom is 0.264 e. The van der Waals surface area contributed by atoms with Gasteiger partial charge in [0.05, 0.1) is 10.6 Å². The van der Waals surface area contributed by atoms with Crippen molar-refractivity contribution in [3.8, 4) is 0 Å². The van der Waals surface area contributed by atoms with E-state index in [4.69, 9.17) is 0 Å². The molecule has 0 unspecified atom stereocenters. The smallest absolute Gasteiger partial charge is 0.264 e. The molecule has 0 fully saturated rings. The topological polar surface area (TPSA) is 86.8 Å². The van der Waals surface area contributed by atoms with Crippen molar-refractivity contribution in [2.45, 2.75) is 44.7 Å². The molecule has 0 aliphatic carbocycles. The summed E-state index contributed by atoms with van der Waals surface area (Å²) in [5.41, 5.74) is 1.82. The molecule has 0 spiro atoms. The monoisotopic (exact) mass is 633 g/mol. The molecule has 1 atom stereocenters. The van der Waals surface area contributed by atoms with Crippen molar-refractivity contribution in [2.24, 2.45) is 5.92 Å². The maximum atomic E-state index is 15.0. The van der Waals surface area contributed by atoms with Gasteiger partial charge >= 0.3 is 0 Å². The number of rotatable bonds is 13. The van der Waals surface area contributed by atoms with E-state index in [0.717, 1.165) is 27.6 Å². The van der Waals surface area contributed by atoms with Crippen LogP contribution in [0.2, 0.25) is 0 Å². The average Bonchev–Trinajstić information content (AvgIpc) is 3.02. The van der Waals surface area contributed by atoms with E-state index in [2.05, 4.69) is 5.32 Å². The van der Waals surface area contributed by atoms with Gasteiger partial charge in [0.25, 0.3) is 10.0 Å². The molecule has 0 saturated heterocycles. The molecule has 4 aromatic rings. The van der Waals surface area contributed by atoms with Gasteiger partial charge in [-0.05, 0) is 60.9 Å². The van der Waals surface area contributed by atoms with Gasteiger partial charge in [0.15, 0.2) is 0 Å². The second kappa shape index (κ2) is 14.9. The fraction of sp³-hybridized carbons (Fsp3) is 0.257. The number of aryl methyl sites for hydroxylation is 1. The van der Waals surface area contributed by atoms with Gasteiger partial charge in [-0.15, -0.1) is 0 Å². The fourth-order valence-corrected chi connectivity index (χ4v) is 6.17. The molecular formula is C35H37F2N3O4S. The SMILES string of the molecule is Cc1ccc(S(=O)(=O)N(CC(=O)N(Cc2ccccc2F)[C@@H](Cc2ccccc2)C(=O)NCC(C)C)c2ccc(F)cc2)cc1. The van der Waals surface area contributed by atoms with Crippen LogP contribution in [0.15, 0.2) is 108 Å². The molecule has 0 aliphatic rings. The second-order valence-corrected chi connectivity index (χ2v) is 13.1. The minimum absolute atomic E-state index is 0.0556. The van der Waals surface area contributed by atoms with Gasteiger partial charge in [0, 0.05) is 25.1 Å². The molecule has 0 aliphatic heterocycles. The van der Waals surface area contributed by atoms with Crippen molar-refractivity contribution in [1.82, 2.24) is 10.2 Å². The highest BCUT2D eigenvalue weighted by Crippen LogP contribution is 2.26. The van der Waals surface area contributed by atoms with Crippen LogP contribution >= 0.6 is 0 Å². The summed E-state index contributed by atoms with van der Waals surface area (Å²) in [6.45, 7) is 5.01. The number of carbonyl (C=O) groups is 2. The van der Waals surface area contributed by atoms with Crippen LogP contribution in [0, 0.1) is 24.5 Å². The summed E-state index contributed by atoms with van der Waals surface area (Å²) in [4.78, 5) is 29.3.